The molecule has 0 radical (unpaired) electrons. The number of carbonyl (C=O) groups excluding carboxylic acids is 1. The van der Waals surface area contributed by atoms with Crippen molar-refractivity contribution in [2.24, 2.45) is 7.05 Å². The SMILES string of the molecule is C[n+]1c2ccccc2c(-c2ccc(-c3ccc(NC(=O)c4ccc5c(c4)Sc4ccccc4S5)cc3)cc2)c2ccccc21. The van der Waals surface area contributed by atoms with E-state index in [1.54, 1.807) is 23.5 Å². The van der Waals surface area contributed by atoms with Gasteiger partial charge in [0, 0.05) is 48.5 Å². The quantitative estimate of drug-likeness (QED) is 0.161. The molecule has 210 valence electrons. The summed E-state index contributed by atoms with van der Waals surface area (Å²) in [5.41, 5.74) is 8.53. The predicted octanol–water partition coefficient (Wildman–Crippen LogP) is 10.0. The lowest BCUT2D eigenvalue weighted by Gasteiger charge is -2.18. The van der Waals surface area contributed by atoms with Gasteiger partial charge in [-0.05, 0) is 71.3 Å². The average molecular weight is 604 g/mol. The highest BCUT2D eigenvalue weighted by atomic mass is 32.2. The molecule has 3 nitrogen and oxygen atoms in total. The van der Waals surface area contributed by atoms with E-state index in [0.29, 0.717) is 5.56 Å². The van der Waals surface area contributed by atoms with Crippen molar-refractivity contribution in [3.63, 3.8) is 0 Å². The first-order valence-electron chi connectivity index (χ1n) is 14.5. The van der Waals surface area contributed by atoms with Crippen LogP contribution in [0.25, 0.3) is 44.1 Å². The Labute approximate surface area is 264 Å². The molecule has 0 atom stereocenters. The summed E-state index contributed by atoms with van der Waals surface area (Å²) in [4.78, 5) is 17.9. The van der Waals surface area contributed by atoms with Crippen LogP contribution < -0.4 is 9.88 Å². The number of fused-ring (bicyclic) bond motifs is 4. The smallest absolute Gasteiger partial charge is 0.255 e. The highest BCUT2D eigenvalue weighted by Gasteiger charge is 2.20. The minimum atomic E-state index is -0.106. The minimum Gasteiger partial charge on any atom is -0.322 e. The number of aromatic nitrogens is 1. The van der Waals surface area contributed by atoms with Gasteiger partial charge in [0.1, 0.15) is 7.05 Å². The summed E-state index contributed by atoms with van der Waals surface area (Å²) in [6.07, 6.45) is 0. The number of aryl methyl sites for hydroxylation is 1. The van der Waals surface area contributed by atoms with E-state index in [-0.39, 0.29) is 5.91 Å². The highest BCUT2D eigenvalue weighted by Crippen LogP contribution is 2.48. The molecule has 1 aliphatic heterocycles. The van der Waals surface area contributed by atoms with Gasteiger partial charge in [-0.1, -0.05) is 96.3 Å². The molecule has 44 heavy (non-hydrogen) atoms. The second-order valence-corrected chi connectivity index (χ2v) is 13.1. The third-order valence-corrected chi connectivity index (χ3v) is 10.8. The Morgan fingerprint density at radius 1 is 0.545 bits per heavy atom. The zero-order valence-electron chi connectivity index (χ0n) is 24.0. The van der Waals surface area contributed by atoms with Gasteiger partial charge < -0.3 is 5.32 Å². The lowest BCUT2D eigenvalue weighted by molar-refractivity contribution is -0.617. The first-order chi connectivity index (χ1) is 21.6. The molecule has 1 N–H and O–H groups in total. The van der Waals surface area contributed by atoms with Crippen LogP contribution in [0.1, 0.15) is 10.4 Å². The van der Waals surface area contributed by atoms with Crippen LogP contribution in [0, 0.1) is 0 Å². The average Bonchev–Trinajstić information content (AvgIpc) is 3.08. The number of amides is 1. The van der Waals surface area contributed by atoms with Crippen molar-refractivity contribution in [1.29, 1.82) is 0 Å². The van der Waals surface area contributed by atoms with Gasteiger partial charge in [0.2, 0.25) is 11.0 Å². The molecule has 0 bridgehead atoms. The summed E-state index contributed by atoms with van der Waals surface area (Å²) < 4.78 is 2.27. The Kier molecular flexibility index (Phi) is 6.70. The summed E-state index contributed by atoms with van der Waals surface area (Å²) in [7, 11) is 2.13. The molecule has 0 fully saturated rings. The predicted molar refractivity (Wildman–Crippen MR) is 183 cm³/mol. The van der Waals surface area contributed by atoms with E-state index < -0.39 is 0 Å². The van der Waals surface area contributed by atoms with Crippen LogP contribution in [-0.4, -0.2) is 5.91 Å². The standard InChI is InChI=1S/C39H26N2OS2/c1-41-32-10-4-2-8-30(32)38(31-9-3-5-11-33(31)41)27-16-14-25(15-17-27)26-18-21-29(22-19-26)40-39(42)28-20-23-36-37(24-28)44-35-13-7-6-12-34(35)43-36/h2-24H,1H3/p+1. The van der Waals surface area contributed by atoms with Crippen molar-refractivity contribution in [3.05, 3.63) is 145 Å². The number of benzene rings is 6. The molecule has 0 unspecified atom stereocenters. The van der Waals surface area contributed by atoms with Crippen molar-refractivity contribution in [2.75, 3.05) is 5.32 Å². The molecular weight excluding hydrogens is 577 g/mol. The molecule has 0 aliphatic carbocycles. The van der Waals surface area contributed by atoms with Crippen LogP contribution in [0.3, 0.4) is 0 Å². The van der Waals surface area contributed by atoms with E-state index in [2.05, 4.69) is 126 Å². The molecule has 1 aromatic heterocycles. The van der Waals surface area contributed by atoms with Crippen LogP contribution >= 0.6 is 23.5 Å². The first-order valence-corrected chi connectivity index (χ1v) is 16.2. The number of anilines is 1. The number of nitrogens with one attached hydrogen (secondary N) is 1. The summed E-state index contributed by atoms with van der Waals surface area (Å²) in [5.74, 6) is -0.106. The summed E-state index contributed by atoms with van der Waals surface area (Å²) in [5, 5.41) is 5.55. The second kappa shape index (κ2) is 11.0. The van der Waals surface area contributed by atoms with Gasteiger partial charge in [0.15, 0.2) is 0 Å². The molecule has 0 saturated heterocycles. The Morgan fingerprint density at radius 3 is 1.68 bits per heavy atom. The maximum Gasteiger partial charge on any atom is 0.255 e. The maximum absolute atomic E-state index is 13.2. The van der Waals surface area contributed by atoms with E-state index in [1.165, 1.54) is 47.6 Å². The van der Waals surface area contributed by atoms with E-state index in [4.69, 9.17) is 0 Å². The number of hydrogen-bond acceptors (Lipinski definition) is 3. The van der Waals surface area contributed by atoms with E-state index in [0.717, 1.165) is 21.7 Å². The van der Waals surface area contributed by atoms with Crippen molar-refractivity contribution < 1.29 is 9.36 Å². The molecule has 2 heterocycles. The summed E-state index contributed by atoms with van der Waals surface area (Å²) >= 11 is 3.47. The van der Waals surface area contributed by atoms with Gasteiger partial charge in [0.05, 0.1) is 10.8 Å². The third kappa shape index (κ3) is 4.75. The van der Waals surface area contributed by atoms with E-state index in [9.17, 15) is 4.79 Å². The number of rotatable bonds is 4. The van der Waals surface area contributed by atoms with Crippen LogP contribution in [-0.2, 0) is 7.05 Å². The molecule has 0 spiro atoms. The fourth-order valence-corrected chi connectivity index (χ4v) is 8.24. The Morgan fingerprint density at radius 2 is 1.05 bits per heavy atom. The van der Waals surface area contributed by atoms with Crippen molar-refractivity contribution in [2.45, 2.75) is 19.6 Å². The minimum absolute atomic E-state index is 0.106. The zero-order chi connectivity index (χ0) is 29.6. The fourth-order valence-electron chi connectivity index (χ4n) is 5.99. The molecule has 7 aromatic rings. The molecular formula is C39H27N2OS2+. The largest absolute Gasteiger partial charge is 0.322 e. The molecule has 1 amide bonds. The third-order valence-electron chi connectivity index (χ3n) is 8.21. The van der Waals surface area contributed by atoms with Crippen LogP contribution in [0.2, 0.25) is 0 Å². The normalized spacial score (nSPS) is 12.1. The zero-order valence-corrected chi connectivity index (χ0v) is 25.6. The lowest BCUT2D eigenvalue weighted by atomic mass is 9.94. The lowest BCUT2D eigenvalue weighted by Crippen LogP contribution is -2.30. The van der Waals surface area contributed by atoms with Crippen molar-refractivity contribution in [1.82, 2.24) is 0 Å². The number of nitrogens with zero attached hydrogens (tertiary/aromatic N) is 1. The molecule has 0 saturated carbocycles. The molecule has 5 heteroatoms. The Hall–Kier alpha value is -4.84. The topological polar surface area (TPSA) is 33.0 Å². The Bertz CT molecular complexity index is 2170. The van der Waals surface area contributed by atoms with Crippen LogP contribution in [0.5, 0.6) is 0 Å². The van der Waals surface area contributed by atoms with E-state index >= 15 is 0 Å². The number of hydrogen-bond donors (Lipinski definition) is 1. The van der Waals surface area contributed by atoms with Crippen molar-refractivity contribution >= 4 is 56.9 Å². The Balaban J connectivity index is 1.03. The molecule has 8 rings (SSSR count). The van der Waals surface area contributed by atoms with Crippen molar-refractivity contribution in [3.8, 4) is 22.3 Å². The van der Waals surface area contributed by atoms with Gasteiger partial charge >= 0.3 is 0 Å². The fraction of sp³-hybridized carbons (Fsp3) is 0.0256. The van der Waals surface area contributed by atoms with Crippen LogP contribution in [0.15, 0.2) is 159 Å². The van der Waals surface area contributed by atoms with Gasteiger partial charge in [-0.3, -0.25) is 4.79 Å². The summed E-state index contributed by atoms with van der Waals surface area (Å²) in [6.45, 7) is 0. The number of carbonyl (C=O) groups is 1. The van der Waals surface area contributed by atoms with Crippen LogP contribution in [0.4, 0.5) is 5.69 Å². The van der Waals surface area contributed by atoms with E-state index in [1.807, 2.05) is 30.3 Å². The van der Waals surface area contributed by atoms with Gasteiger partial charge in [0.25, 0.3) is 5.91 Å². The number of para-hydroxylation sites is 2. The molecule has 6 aromatic carbocycles. The first kappa shape index (κ1) is 26.8. The maximum atomic E-state index is 13.2. The highest BCUT2D eigenvalue weighted by molar-refractivity contribution is 8.05. The summed E-state index contributed by atoms with van der Waals surface area (Å²) in [6, 6.07) is 48.4. The molecule has 1 aliphatic rings. The van der Waals surface area contributed by atoms with Gasteiger partial charge in [-0.25, -0.2) is 0 Å². The van der Waals surface area contributed by atoms with Gasteiger partial charge in [-0.15, -0.1) is 0 Å². The second-order valence-electron chi connectivity index (χ2n) is 10.9. The number of pyridine rings is 1. The van der Waals surface area contributed by atoms with Gasteiger partial charge in [-0.2, -0.15) is 4.57 Å². The monoisotopic (exact) mass is 603 g/mol.